The third-order valence-electron chi connectivity index (χ3n) is 5.04. The van der Waals surface area contributed by atoms with Crippen molar-refractivity contribution in [1.82, 2.24) is 4.98 Å². The number of halogens is 1. The van der Waals surface area contributed by atoms with Gasteiger partial charge in [-0.05, 0) is 42.5 Å². The number of hydrogen-bond donors (Lipinski definition) is 1. The number of amides is 1. The SMILES string of the molecule is O=C(C[C@@]1(O)C(=O)N(CCOc2ccc(Cl)cc2)c2ccccc21)c1cccnc1. The first-order valence-electron chi connectivity index (χ1n) is 9.44. The Morgan fingerprint density at radius 3 is 2.60 bits per heavy atom. The monoisotopic (exact) mass is 422 g/mol. The van der Waals surface area contributed by atoms with Gasteiger partial charge in [-0.25, -0.2) is 0 Å². The van der Waals surface area contributed by atoms with Gasteiger partial charge in [0.2, 0.25) is 0 Å². The Morgan fingerprint density at radius 1 is 1.10 bits per heavy atom. The van der Waals surface area contributed by atoms with Crippen molar-refractivity contribution in [2.75, 3.05) is 18.1 Å². The molecule has 1 aliphatic heterocycles. The summed E-state index contributed by atoms with van der Waals surface area (Å²) in [7, 11) is 0. The average Bonchev–Trinajstić information content (AvgIpc) is 2.97. The van der Waals surface area contributed by atoms with Crippen molar-refractivity contribution in [2.45, 2.75) is 12.0 Å². The van der Waals surface area contributed by atoms with E-state index in [1.54, 1.807) is 66.9 Å². The molecule has 0 spiro atoms. The van der Waals surface area contributed by atoms with Crippen LogP contribution in [0.1, 0.15) is 22.3 Å². The van der Waals surface area contributed by atoms with Gasteiger partial charge in [-0.15, -0.1) is 0 Å². The van der Waals surface area contributed by atoms with E-state index in [9.17, 15) is 14.7 Å². The lowest BCUT2D eigenvalue weighted by Crippen LogP contribution is -2.43. The molecule has 1 atom stereocenters. The lowest BCUT2D eigenvalue weighted by molar-refractivity contribution is -0.135. The number of nitrogens with zero attached hydrogens (tertiary/aromatic N) is 2. The number of anilines is 1. The van der Waals surface area contributed by atoms with Crippen LogP contribution in [0.25, 0.3) is 0 Å². The molecule has 30 heavy (non-hydrogen) atoms. The van der Waals surface area contributed by atoms with Gasteiger partial charge < -0.3 is 14.7 Å². The van der Waals surface area contributed by atoms with E-state index in [-0.39, 0.29) is 25.4 Å². The van der Waals surface area contributed by atoms with Gasteiger partial charge >= 0.3 is 0 Å². The van der Waals surface area contributed by atoms with E-state index in [2.05, 4.69) is 4.98 Å². The van der Waals surface area contributed by atoms with Crippen LogP contribution in [0.3, 0.4) is 0 Å². The molecule has 1 amide bonds. The molecule has 7 heteroatoms. The lowest BCUT2D eigenvalue weighted by Gasteiger charge is -2.22. The minimum Gasteiger partial charge on any atom is -0.492 e. The number of Topliss-reactive ketones (excluding diaryl/α,β-unsaturated/α-hetero) is 1. The van der Waals surface area contributed by atoms with Crippen molar-refractivity contribution in [3.63, 3.8) is 0 Å². The molecule has 2 heterocycles. The van der Waals surface area contributed by atoms with Crippen LogP contribution in [0, 0.1) is 0 Å². The third-order valence-corrected chi connectivity index (χ3v) is 5.29. The number of rotatable bonds is 7. The molecule has 4 rings (SSSR count). The van der Waals surface area contributed by atoms with E-state index in [4.69, 9.17) is 16.3 Å². The molecule has 0 unspecified atom stereocenters. The molecule has 2 aromatic carbocycles. The van der Waals surface area contributed by atoms with Gasteiger partial charge in [0, 0.05) is 28.5 Å². The van der Waals surface area contributed by atoms with Crippen molar-refractivity contribution >= 4 is 29.0 Å². The van der Waals surface area contributed by atoms with Gasteiger partial charge in [-0.2, -0.15) is 0 Å². The zero-order chi connectivity index (χ0) is 21.1. The number of aliphatic hydroxyl groups is 1. The van der Waals surface area contributed by atoms with E-state index in [1.807, 2.05) is 0 Å². The van der Waals surface area contributed by atoms with E-state index in [1.165, 1.54) is 11.1 Å². The van der Waals surface area contributed by atoms with Crippen LogP contribution in [-0.4, -0.2) is 34.9 Å². The molecule has 152 valence electrons. The zero-order valence-corrected chi connectivity index (χ0v) is 16.7. The number of fused-ring (bicyclic) bond motifs is 1. The highest BCUT2D eigenvalue weighted by molar-refractivity contribution is 6.30. The molecule has 0 saturated heterocycles. The number of carbonyl (C=O) groups is 2. The minimum atomic E-state index is -1.93. The van der Waals surface area contributed by atoms with Crippen LogP contribution in [-0.2, 0) is 10.4 Å². The lowest BCUT2D eigenvalue weighted by atomic mass is 9.88. The van der Waals surface area contributed by atoms with Gasteiger partial charge in [0.15, 0.2) is 11.4 Å². The summed E-state index contributed by atoms with van der Waals surface area (Å²) in [5.74, 6) is -0.269. The van der Waals surface area contributed by atoms with E-state index in [0.717, 1.165) is 0 Å². The molecule has 1 aliphatic rings. The summed E-state index contributed by atoms with van der Waals surface area (Å²) in [6, 6.07) is 17.1. The minimum absolute atomic E-state index is 0.217. The second kappa shape index (κ2) is 8.26. The Bertz CT molecular complexity index is 1070. The van der Waals surface area contributed by atoms with Crippen molar-refractivity contribution in [2.24, 2.45) is 0 Å². The van der Waals surface area contributed by atoms with Crippen molar-refractivity contribution in [3.05, 3.63) is 89.2 Å². The molecule has 0 radical (unpaired) electrons. The molecule has 1 aromatic heterocycles. The number of aromatic nitrogens is 1. The Kier molecular flexibility index (Phi) is 5.53. The summed E-state index contributed by atoms with van der Waals surface area (Å²) in [6.07, 6.45) is 2.63. The van der Waals surface area contributed by atoms with Crippen LogP contribution in [0.4, 0.5) is 5.69 Å². The number of ketones is 1. The van der Waals surface area contributed by atoms with Crippen molar-refractivity contribution in [3.8, 4) is 5.75 Å². The standard InChI is InChI=1S/C23H19ClN2O4/c24-17-7-9-18(10-8-17)30-13-12-26-20-6-2-1-5-19(20)23(29,22(26)28)14-21(27)16-4-3-11-25-15-16/h1-11,15,29H,12-14H2/t23-/m0/s1. The van der Waals surface area contributed by atoms with Crippen LogP contribution >= 0.6 is 11.6 Å². The van der Waals surface area contributed by atoms with Crippen LogP contribution in [0.5, 0.6) is 5.75 Å². The predicted molar refractivity (Wildman–Crippen MR) is 113 cm³/mol. The normalized spacial score (nSPS) is 17.7. The fraction of sp³-hybridized carbons (Fsp3) is 0.174. The van der Waals surface area contributed by atoms with Crippen LogP contribution in [0.15, 0.2) is 73.1 Å². The first-order chi connectivity index (χ1) is 14.5. The fourth-order valence-electron chi connectivity index (χ4n) is 3.55. The summed E-state index contributed by atoms with van der Waals surface area (Å²) >= 11 is 5.87. The zero-order valence-electron chi connectivity index (χ0n) is 16.0. The number of benzene rings is 2. The average molecular weight is 423 g/mol. The maximum absolute atomic E-state index is 13.2. The Balaban J connectivity index is 1.53. The smallest absolute Gasteiger partial charge is 0.264 e. The quantitative estimate of drug-likeness (QED) is 0.588. The highest BCUT2D eigenvalue weighted by Crippen LogP contribution is 2.42. The third kappa shape index (κ3) is 3.79. The molecule has 6 nitrogen and oxygen atoms in total. The van der Waals surface area contributed by atoms with Gasteiger partial charge in [0.1, 0.15) is 12.4 Å². The van der Waals surface area contributed by atoms with Crippen molar-refractivity contribution < 1.29 is 19.4 Å². The number of pyridine rings is 1. The fourth-order valence-corrected chi connectivity index (χ4v) is 3.67. The van der Waals surface area contributed by atoms with Crippen LogP contribution in [0.2, 0.25) is 5.02 Å². The summed E-state index contributed by atoms with van der Waals surface area (Å²) in [5.41, 5.74) is -0.591. The number of hydrogen-bond acceptors (Lipinski definition) is 5. The predicted octanol–water partition coefficient (Wildman–Crippen LogP) is 3.62. The molecule has 0 aliphatic carbocycles. The van der Waals surface area contributed by atoms with Crippen LogP contribution < -0.4 is 9.64 Å². The van der Waals surface area contributed by atoms with E-state index >= 15 is 0 Å². The molecular formula is C23H19ClN2O4. The Morgan fingerprint density at radius 2 is 1.87 bits per heavy atom. The number of ether oxygens (including phenoxy) is 1. The second-order valence-electron chi connectivity index (χ2n) is 6.98. The summed E-state index contributed by atoms with van der Waals surface area (Å²) < 4.78 is 5.70. The summed E-state index contributed by atoms with van der Waals surface area (Å²) in [6.45, 7) is 0.441. The van der Waals surface area contributed by atoms with E-state index in [0.29, 0.717) is 27.6 Å². The Hall–Kier alpha value is -3.22. The molecule has 0 saturated carbocycles. The van der Waals surface area contributed by atoms with Gasteiger partial charge in [-0.3, -0.25) is 14.6 Å². The highest BCUT2D eigenvalue weighted by atomic mass is 35.5. The van der Waals surface area contributed by atoms with Gasteiger partial charge in [0.05, 0.1) is 18.7 Å². The maximum Gasteiger partial charge on any atom is 0.264 e. The summed E-state index contributed by atoms with van der Waals surface area (Å²) in [4.78, 5) is 31.3. The maximum atomic E-state index is 13.2. The molecule has 3 aromatic rings. The summed E-state index contributed by atoms with van der Waals surface area (Å²) in [5, 5.41) is 11.9. The molecule has 0 fully saturated rings. The highest BCUT2D eigenvalue weighted by Gasteiger charge is 2.50. The van der Waals surface area contributed by atoms with Gasteiger partial charge in [0.25, 0.3) is 5.91 Å². The number of para-hydroxylation sites is 1. The first-order valence-corrected chi connectivity index (χ1v) is 9.82. The molecule has 0 bridgehead atoms. The second-order valence-corrected chi connectivity index (χ2v) is 7.41. The largest absolute Gasteiger partial charge is 0.492 e. The van der Waals surface area contributed by atoms with Gasteiger partial charge in [-0.1, -0.05) is 29.8 Å². The Labute approximate surface area is 178 Å². The van der Waals surface area contributed by atoms with Crippen molar-refractivity contribution in [1.29, 1.82) is 0 Å². The number of carbonyl (C=O) groups excluding carboxylic acids is 2. The molecule has 1 N–H and O–H groups in total. The topological polar surface area (TPSA) is 79.7 Å². The first kappa shape index (κ1) is 20.1. The van der Waals surface area contributed by atoms with E-state index < -0.39 is 11.5 Å². The molecular weight excluding hydrogens is 404 g/mol.